The summed E-state index contributed by atoms with van der Waals surface area (Å²) in [7, 11) is -4.20. The summed E-state index contributed by atoms with van der Waals surface area (Å²) in [6, 6.07) is 14.2. The Bertz CT molecular complexity index is 1590. The first-order chi connectivity index (χ1) is 18.0. The Morgan fingerprint density at radius 1 is 1.05 bits per heavy atom. The van der Waals surface area contributed by atoms with Gasteiger partial charge in [-0.05, 0) is 83.9 Å². The molecule has 0 saturated carbocycles. The van der Waals surface area contributed by atoms with Crippen molar-refractivity contribution < 1.29 is 31.7 Å². The molecule has 3 aromatic carbocycles. The fourth-order valence-corrected chi connectivity index (χ4v) is 5.34. The number of imide groups is 2. The largest absolute Gasteiger partial charge is 0.490 e. The van der Waals surface area contributed by atoms with Crippen molar-refractivity contribution in [1.29, 1.82) is 0 Å². The Morgan fingerprint density at radius 2 is 1.76 bits per heavy atom. The topological polar surface area (TPSA) is 119 Å². The molecule has 38 heavy (non-hydrogen) atoms. The smallest absolute Gasteiger partial charge is 0.339 e. The third kappa shape index (κ3) is 5.74. The number of hydrogen-bond acceptors (Lipinski definition) is 7. The molecule has 4 rings (SSSR count). The summed E-state index contributed by atoms with van der Waals surface area (Å²) in [5.41, 5.74) is 1.04. The molecule has 4 amide bonds. The molecule has 12 heteroatoms. The van der Waals surface area contributed by atoms with Gasteiger partial charge in [0.05, 0.1) is 16.8 Å². The highest BCUT2D eigenvalue weighted by Crippen LogP contribution is 2.39. The molecule has 0 radical (unpaired) electrons. The second kappa shape index (κ2) is 11.0. The number of ether oxygens (including phenoxy) is 1. The number of rotatable bonds is 7. The van der Waals surface area contributed by atoms with Crippen LogP contribution in [-0.2, 0) is 19.7 Å². The number of aryl methyl sites for hydroxylation is 1. The molecule has 1 heterocycles. The fourth-order valence-electron chi connectivity index (χ4n) is 3.55. The van der Waals surface area contributed by atoms with Gasteiger partial charge in [0.2, 0.25) is 0 Å². The Morgan fingerprint density at radius 3 is 2.42 bits per heavy atom. The maximum Gasteiger partial charge on any atom is 0.339 e. The molecule has 0 unspecified atom stereocenters. The number of benzene rings is 3. The van der Waals surface area contributed by atoms with E-state index in [9.17, 15) is 22.8 Å². The van der Waals surface area contributed by atoms with Gasteiger partial charge >= 0.3 is 16.1 Å². The normalized spacial score (nSPS) is 15.0. The van der Waals surface area contributed by atoms with Crippen LogP contribution in [0.3, 0.4) is 0 Å². The van der Waals surface area contributed by atoms with Gasteiger partial charge in [-0.2, -0.15) is 8.42 Å². The van der Waals surface area contributed by atoms with Crippen molar-refractivity contribution in [2.75, 3.05) is 11.5 Å². The lowest BCUT2D eigenvalue weighted by Gasteiger charge is -2.26. The zero-order valence-corrected chi connectivity index (χ0v) is 23.2. The lowest BCUT2D eigenvalue weighted by atomic mass is 10.1. The van der Waals surface area contributed by atoms with Gasteiger partial charge in [0.25, 0.3) is 11.8 Å². The van der Waals surface area contributed by atoms with Crippen LogP contribution in [0.2, 0.25) is 5.02 Å². The number of carbonyl (C=O) groups is 3. The summed E-state index contributed by atoms with van der Waals surface area (Å²) in [5.74, 6) is -1.81. The molecule has 1 N–H and O–H groups in total. The van der Waals surface area contributed by atoms with E-state index in [1.54, 1.807) is 31.2 Å². The highest BCUT2D eigenvalue weighted by atomic mass is 79.9. The number of halogens is 2. The highest BCUT2D eigenvalue weighted by Gasteiger charge is 2.37. The maximum absolute atomic E-state index is 13.2. The molecule has 196 valence electrons. The Kier molecular flexibility index (Phi) is 7.91. The number of nitrogens with zero attached hydrogens (tertiary/aromatic N) is 1. The zero-order valence-electron chi connectivity index (χ0n) is 20.0. The van der Waals surface area contributed by atoms with Crippen LogP contribution in [0.1, 0.15) is 18.1 Å². The third-order valence-corrected chi connectivity index (χ3v) is 7.37. The Hall–Kier alpha value is -3.67. The van der Waals surface area contributed by atoms with E-state index in [4.69, 9.17) is 20.5 Å². The van der Waals surface area contributed by atoms with E-state index in [2.05, 4.69) is 21.2 Å². The number of nitrogens with one attached hydrogen (secondary N) is 1. The molecule has 0 spiro atoms. The molecule has 1 aliphatic rings. The van der Waals surface area contributed by atoms with Crippen molar-refractivity contribution in [3.8, 4) is 11.5 Å². The van der Waals surface area contributed by atoms with Crippen LogP contribution >= 0.6 is 27.5 Å². The lowest BCUT2D eigenvalue weighted by molar-refractivity contribution is -0.122. The van der Waals surface area contributed by atoms with E-state index in [1.807, 2.05) is 6.92 Å². The van der Waals surface area contributed by atoms with Crippen LogP contribution < -0.4 is 19.1 Å². The summed E-state index contributed by atoms with van der Waals surface area (Å²) >= 11 is 9.30. The second-order valence-electron chi connectivity index (χ2n) is 8.05. The first-order valence-electron chi connectivity index (χ1n) is 11.1. The van der Waals surface area contributed by atoms with Gasteiger partial charge in [0.15, 0.2) is 11.5 Å². The molecule has 0 aromatic heterocycles. The van der Waals surface area contributed by atoms with E-state index < -0.39 is 28.0 Å². The van der Waals surface area contributed by atoms with Crippen molar-refractivity contribution in [3.05, 3.63) is 86.9 Å². The minimum atomic E-state index is -4.20. The Balaban J connectivity index is 1.72. The molecular weight excluding hydrogens is 600 g/mol. The van der Waals surface area contributed by atoms with Crippen molar-refractivity contribution in [1.82, 2.24) is 5.32 Å². The molecule has 1 fully saturated rings. The zero-order chi connectivity index (χ0) is 27.6. The van der Waals surface area contributed by atoms with Crippen molar-refractivity contribution in [2.24, 2.45) is 0 Å². The van der Waals surface area contributed by atoms with Gasteiger partial charge < -0.3 is 8.92 Å². The molecule has 1 saturated heterocycles. The van der Waals surface area contributed by atoms with E-state index in [-0.39, 0.29) is 38.7 Å². The monoisotopic (exact) mass is 618 g/mol. The SMILES string of the molecule is CCOc1cc(/C=C2\C(=O)NC(=O)N(c3cccc(Cl)c3)C2=O)cc(Br)c1OS(=O)(=O)c1ccc(C)cc1. The molecule has 0 bridgehead atoms. The molecule has 9 nitrogen and oxygen atoms in total. The second-order valence-corrected chi connectivity index (χ2v) is 10.9. The first kappa shape index (κ1) is 27.4. The van der Waals surface area contributed by atoms with Crippen LogP contribution in [0.15, 0.2) is 75.6 Å². The molecule has 0 aliphatic carbocycles. The number of barbiturate groups is 1. The van der Waals surface area contributed by atoms with E-state index in [0.29, 0.717) is 10.6 Å². The molecule has 0 atom stereocenters. The van der Waals surface area contributed by atoms with E-state index in [1.165, 1.54) is 42.5 Å². The predicted octanol–water partition coefficient (Wildman–Crippen LogP) is 5.24. The van der Waals surface area contributed by atoms with E-state index in [0.717, 1.165) is 10.5 Å². The van der Waals surface area contributed by atoms with Crippen molar-refractivity contribution in [3.63, 3.8) is 0 Å². The quantitative estimate of drug-likeness (QED) is 0.218. The lowest BCUT2D eigenvalue weighted by Crippen LogP contribution is -2.54. The third-order valence-electron chi connectivity index (χ3n) is 5.31. The summed E-state index contributed by atoms with van der Waals surface area (Å²) in [4.78, 5) is 38.9. The average molecular weight is 620 g/mol. The summed E-state index contributed by atoms with van der Waals surface area (Å²) in [6.07, 6.45) is 1.26. The van der Waals surface area contributed by atoms with Gasteiger partial charge in [-0.25, -0.2) is 9.69 Å². The standard InChI is InChI=1S/C26H20BrClN2O7S/c1-3-36-22-13-16(12-21(27)23(22)37-38(34,35)19-9-7-15(2)8-10-19)11-20-24(31)29-26(33)30(25(20)32)18-6-4-5-17(28)14-18/h4-14H,3H2,1-2H3,(H,29,31,33)/b20-11+. The van der Waals surface area contributed by atoms with Crippen LogP contribution in [-0.4, -0.2) is 32.9 Å². The summed E-state index contributed by atoms with van der Waals surface area (Å²) in [5, 5.41) is 2.43. The van der Waals surface area contributed by atoms with E-state index >= 15 is 0 Å². The highest BCUT2D eigenvalue weighted by molar-refractivity contribution is 9.10. The molecule has 1 aliphatic heterocycles. The molecule has 3 aromatic rings. The maximum atomic E-state index is 13.2. The number of carbonyl (C=O) groups excluding carboxylic acids is 3. The van der Waals surface area contributed by atoms with Gasteiger partial charge in [-0.3, -0.25) is 14.9 Å². The number of hydrogen-bond donors (Lipinski definition) is 1. The summed E-state index contributed by atoms with van der Waals surface area (Å²) < 4.78 is 37.0. The van der Waals surface area contributed by atoms with Crippen LogP contribution in [0.5, 0.6) is 11.5 Å². The van der Waals surface area contributed by atoms with Gasteiger partial charge in [-0.1, -0.05) is 35.4 Å². The van der Waals surface area contributed by atoms with Crippen LogP contribution in [0.4, 0.5) is 10.5 Å². The van der Waals surface area contributed by atoms with Gasteiger partial charge in [0.1, 0.15) is 10.5 Å². The first-order valence-corrected chi connectivity index (χ1v) is 13.7. The van der Waals surface area contributed by atoms with Crippen LogP contribution in [0.25, 0.3) is 6.08 Å². The van der Waals surface area contributed by atoms with Crippen molar-refractivity contribution >= 4 is 67.3 Å². The van der Waals surface area contributed by atoms with Crippen LogP contribution in [0, 0.1) is 6.92 Å². The minimum absolute atomic E-state index is 0.0427. The minimum Gasteiger partial charge on any atom is -0.490 e. The number of anilines is 1. The Labute approximate surface area is 232 Å². The predicted molar refractivity (Wildman–Crippen MR) is 145 cm³/mol. The molecular formula is C26H20BrClN2O7S. The van der Waals surface area contributed by atoms with Gasteiger partial charge in [0, 0.05) is 5.02 Å². The average Bonchev–Trinajstić information content (AvgIpc) is 2.84. The summed E-state index contributed by atoms with van der Waals surface area (Å²) in [6.45, 7) is 3.70. The van der Waals surface area contributed by atoms with Crippen molar-refractivity contribution in [2.45, 2.75) is 18.7 Å². The number of urea groups is 1. The number of amides is 4. The fraction of sp³-hybridized carbons (Fsp3) is 0.115. The van der Waals surface area contributed by atoms with Gasteiger partial charge in [-0.15, -0.1) is 0 Å².